The van der Waals surface area contributed by atoms with Gasteiger partial charge in [0.2, 0.25) is 5.91 Å². The molecule has 19 heavy (non-hydrogen) atoms. The van der Waals surface area contributed by atoms with Gasteiger partial charge in [0.15, 0.2) is 5.69 Å². The van der Waals surface area contributed by atoms with E-state index in [-0.39, 0.29) is 17.5 Å². The third-order valence-electron chi connectivity index (χ3n) is 2.29. The number of halogens is 2. The number of carbonyl (C=O) groups excluding carboxylic acids is 1. The normalized spacial score (nSPS) is 9.95. The Kier molecular flexibility index (Phi) is 4.20. The smallest absolute Gasteiger partial charge is 0.240 e. The predicted octanol–water partition coefficient (Wildman–Crippen LogP) is 2.68. The van der Waals surface area contributed by atoms with Crippen LogP contribution in [0.1, 0.15) is 5.69 Å². The van der Waals surface area contributed by atoms with Crippen molar-refractivity contribution in [2.24, 2.45) is 0 Å². The van der Waals surface area contributed by atoms with Crippen molar-refractivity contribution in [2.45, 2.75) is 0 Å². The Morgan fingerprint density at radius 2 is 2.26 bits per heavy atom. The summed E-state index contributed by atoms with van der Waals surface area (Å²) in [6, 6.07) is 10.8. The van der Waals surface area contributed by atoms with Gasteiger partial charge in [-0.3, -0.25) is 4.79 Å². The van der Waals surface area contributed by atoms with Gasteiger partial charge in [0, 0.05) is 10.5 Å². The molecule has 0 aliphatic heterocycles. The van der Waals surface area contributed by atoms with Crippen LogP contribution in [0, 0.1) is 11.3 Å². The number of hydrogen-bond donors (Lipinski definition) is 1. The number of alkyl halides is 1. The van der Waals surface area contributed by atoms with Gasteiger partial charge in [-0.15, -0.1) is 11.6 Å². The zero-order valence-corrected chi connectivity index (χ0v) is 11.9. The topological polar surface area (TPSA) is 70.7 Å². The van der Waals surface area contributed by atoms with Gasteiger partial charge in [-0.2, -0.15) is 10.4 Å². The maximum absolute atomic E-state index is 11.4. The second-order valence-corrected chi connectivity index (χ2v) is 4.69. The monoisotopic (exact) mass is 338 g/mol. The Morgan fingerprint density at radius 3 is 2.89 bits per heavy atom. The second-order valence-electron chi connectivity index (χ2n) is 3.57. The summed E-state index contributed by atoms with van der Waals surface area (Å²) in [7, 11) is 0. The van der Waals surface area contributed by atoms with Crippen molar-refractivity contribution in [1.82, 2.24) is 9.78 Å². The summed E-state index contributed by atoms with van der Waals surface area (Å²) < 4.78 is 2.27. The van der Waals surface area contributed by atoms with Gasteiger partial charge in [0.05, 0.1) is 5.69 Å². The summed E-state index contributed by atoms with van der Waals surface area (Å²) in [4.78, 5) is 11.4. The average Bonchev–Trinajstić information content (AvgIpc) is 2.82. The number of nitriles is 1. The van der Waals surface area contributed by atoms with Crippen LogP contribution in [-0.2, 0) is 4.79 Å². The molecule has 0 fully saturated rings. The Balaban J connectivity index is 2.50. The van der Waals surface area contributed by atoms with Gasteiger partial charge in [-0.1, -0.05) is 12.1 Å². The maximum Gasteiger partial charge on any atom is 0.240 e. The molecule has 0 saturated heterocycles. The lowest BCUT2D eigenvalue weighted by Gasteiger charge is -2.09. The van der Waals surface area contributed by atoms with E-state index < -0.39 is 0 Å². The Labute approximate surface area is 122 Å². The van der Waals surface area contributed by atoms with Gasteiger partial charge in [0.1, 0.15) is 17.8 Å². The van der Waals surface area contributed by atoms with Crippen LogP contribution >= 0.6 is 27.5 Å². The number of aromatic nitrogens is 2. The van der Waals surface area contributed by atoms with E-state index in [2.05, 4.69) is 26.3 Å². The molecule has 0 saturated carbocycles. The minimum Gasteiger partial charge on any atom is -0.310 e. The molecular formula is C12H8BrClN4O. The van der Waals surface area contributed by atoms with Crippen LogP contribution in [0.2, 0.25) is 0 Å². The Bertz CT molecular complexity index is 662. The van der Waals surface area contributed by atoms with E-state index in [9.17, 15) is 4.79 Å². The van der Waals surface area contributed by atoms with Gasteiger partial charge >= 0.3 is 0 Å². The van der Waals surface area contributed by atoms with Crippen molar-refractivity contribution in [3.8, 4) is 11.8 Å². The minimum absolute atomic E-state index is 0.164. The number of benzene rings is 1. The Hall–Kier alpha value is -1.84. The molecule has 2 aromatic rings. The van der Waals surface area contributed by atoms with Crippen LogP contribution in [0.5, 0.6) is 0 Å². The highest BCUT2D eigenvalue weighted by Crippen LogP contribution is 2.24. The molecule has 1 N–H and O–H groups in total. The zero-order chi connectivity index (χ0) is 13.8. The van der Waals surface area contributed by atoms with Crippen molar-refractivity contribution in [3.63, 3.8) is 0 Å². The fourth-order valence-electron chi connectivity index (χ4n) is 1.51. The highest BCUT2D eigenvalue weighted by Gasteiger charge is 2.13. The molecular weight excluding hydrogens is 332 g/mol. The molecule has 1 amide bonds. The average molecular weight is 340 g/mol. The number of nitrogens with zero attached hydrogens (tertiary/aromatic N) is 3. The van der Waals surface area contributed by atoms with E-state index in [1.165, 1.54) is 10.7 Å². The summed E-state index contributed by atoms with van der Waals surface area (Å²) in [5, 5.41) is 15.6. The number of anilines is 1. The van der Waals surface area contributed by atoms with Crippen molar-refractivity contribution in [1.29, 1.82) is 5.26 Å². The number of nitrogens with one attached hydrogen (secondary N) is 1. The third kappa shape index (κ3) is 2.95. The fraction of sp³-hybridized carbons (Fsp3) is 0.0833. The van der Waals surface area contributed by atoms with Crippen LogP contribution in [-0.4, -0.2) is 21.6 Å². The van der Waals surface area contributed by atoms with Crippen molar-refractivity contribution >= 4 is 39.3 Å². The van der Waals surface area contributed by atoms with E-state index in [4.69, 9.17) is 16.9 Å². The highest BCUT2D eigenvalue weighted by molar-refractivity contribution is 9.10. The first-order chi connectivity index (χ1) is 9.15. The predicted molar refractivity (Wildman–Crippen MR) is 75.3 cm³/mol. The molecule has 0 bridgehead atoms. The minimum atomic E-state index is -0.362. The lowest BCUT2D eigenvalue weighted by Crippen LogP contribution is -2.15. The summed E-state index contributed by atoms with van der Waals surface area (Å²) >= 11 is 8.86. The molecule has 0 atom stereocenters. The molecule has 0 spiro atoms. The van der Waals surface area contributed by atoms with E-state index in [1.54, 1.807) is 0 Å². The first kappa shape index (κ1) is 13.6. The quantitative estimate of drug-likeness (QED) is 0.874. The lowest BCUT2D eigenvalue weighted by atomic mass is 10.3. The molecule has 7 heteroatoms. The van der Waals surface area contributed by atoms with Gasteiger partial charge in [-0.25, -0.2) is 4.68 Å². The van der Waals surface area contributed by atoms with E-state index in [0.717, 1.165) is 4.47 Å². The third-order valence-corrected chi connectivity index (χ3v) is 3.21. The van der Waals surface area contributed by atoms with E-state index in [0.29, 0.717) is 11.5 Å². The van der Waals surface area contributed by atoms with Crippen molar-refractivity contribution in [3.05, 3.63) is 40.5 Å². The molecule has 0 unspecified atom stereocenters. The summed E-state index contributed by atoms with van der Waals surface area (Å²) in [6.45, 7) is 0. The van der Waals surface area contributed by atoms with Gasteiger partial charge in [0.25, 0.3) is 0 Å². The molecule has 1 heterocycles. The lowest BCUT2D eigenvalue weighted by molar-refractivity contribution is -0.114. The summed E-state index contributed by atoms with van der Waals surface area (Å²) in [5.41, 5.74) is 0.925. The number of amides is 1. The van der Waals surface area contributed by atoms with Gasteiger partial charge < -0.3 is 5.32 Å². The Morgan fingerprint density at radius 1 is 1.53 bits per heavy atom. The number of rotatable bonds is 3. The fourth-order valence-corrected chi connectivity index (χ4v) is 2.03. The molecule has 1 aromatic heterocycles. The van der Waals surface area contributed by atoms with E-state index >= 15 is 0 Å². The summed E-state index contributed by atoms with van der Waals surface area (Å²) in [5.74, 6) is -0.128. The van der Waals surface area contributed by atoms with Crippen LogP contribution in [0.4, 0.5) is 5.82 Å². The van der Waals surface area contributed by atoms with Crippen molar-refractivity contribution < 1.29 is 4.79 Å². The standard InChI is InChI=1S/C12H8BrClN4O/c13-9-3-1-2-4-10(9)18-11(16-12(19)6-14)5-8(7-15)17-18/h1-5H,6H2,(H,16,19). The SMILES string of the molecule is N#Cc1cc(NC(=O)CCl)n(-c2ccccc2Br)n1. The van der Waals surface area contributed by atoms with Crippen LogP contribution in [0.3, 0.4) is 0 Å². The van der Waals surface area contributed by atoms with Gasteiger partial charge in [-0.05, 0) is 28.1 Å². The van der Waals surface area contributed by atoms with E-state index in [1.807, 2.05) is 30.3 Å². The van der Waals surface area contributed by atoms with Crippen LogP contribution in [0.25, 0.3) is 5.69 Å². The second kappa shape index (κ2) is 5.87. The zero-order valence-electron chi connectivity index (χ0n) is 9.60. The summed E-state index contributed by atoms with van der Waals surface area (Å²) in [6.07, 6.45) is 0. The number of para-hydroxylation sites is 1. The molecule has 0 aliphatic rings. The first-order valence-electron chi connectivity index (χ1n) is 5.26. The molecule has 2 rings (SSSR count). The largest absolute Gasteiger partial charge is 0.310 e. The molecule has 96 valence electrons. The molecule has 0 aliphatic carbocycles. The van der Waals surface area contributed by atoms with Crippen LogP contribution in [0.15, 0.2) is 34.8 Å². The first-order valence-corrected chi connectivity index (χ1v) is 6.59. The number of carbonyl (C=O) groups is 1. The number of hydrogen-bond acceptors (Lipinski definition) is 3. The van der Waals surface area contributed by atoms with Crippen LogP contribution < -0.4 is 5.32 Å². The molecule has 1 aromatic carbocycles. The highest BCUT2D eigenvalue weighted by atomic mass is 79.9. The van der Waals surface area contributed by atoms with Crippen molar-refractivity contribution in [2.75, 3.05) is 11.2 Å². The molecule has 0 radical (unpaired) electrons. The maximum atomic E-state index is 11.4. The molecule has 5 nitrogen and oxygen atoms in total.